The first-order chi connectivity index (χ1) is 12.8. The predicted molar refractivity (Wildman–Crippen MR) is 104 cm³/mol. The molecule has 2 saturated heterocycles. The lowest BCUT2D eigenvalue weighted by Gasteiger charge is -2.51. The zero-order chi connectivity index (χ0) is 19.2. The van der Waals surface area contributed by atoms with Gasteiger partial charge in [-0.1, -0.05) is 17.7 Å². The van der Waals surface area contributed by atoms with Crippen LogP contribution in [0.1, 0.15) is 31.7 Å². The largest absolute Gasteiger partial charge is 0.387 e. The van der Waals surface area contributed by atoms with E-state index in [1.165, 1.54) is 0 Å². The van der Waals surface area contributed by atoms with Crippen LogP contribution in [0.3, 0.4) is 0 Å². The maximum absolute atomic E-state index is 12.4. The summed E-state index contributed by atoms with van der Waals surface area (Å²) in [4.78, 5) is 17.5. The molecule has 2 fully saturated rings. The quantitative estimate of drug-likeness (QED) is 0.728. The Kier molecular flexibility index (Phi) is 4.81. The Balaban J connectivity index is 1.48. The molecule has 1 spiro atoms. The molecule has 2 aromatic rings. The van der Waals surface area contributed by atoms with Crippen LogP contribution in [-0.4, -0.2) is 57.1 Å². The van der Waals surface area contributed by atoms with Crippen LogP contribution in [0, 0.1) is 0 Å². The third kappa shape index (κ3) is 3.52. The number of piperidine rings is 1. The number of nitrogens with zero attached hydrogens (tertiary/aromatic N) is 1. The Morgan fingerprint density at radius 2 is 2.04 bits per heavy atom. The average molecular weight is 393 g/mol. The molecule has 1 aromatic carbocycles. The fraction of sp³-hybridized carbons (Fsp3) is 0.550. The van der Waals surface area contributed by atoms with E-state index in [2.05, 4.69) is 9.88 Å². The van der Waals surface area contributed by atoms with Crippen molar-refractivity contribution in [3.8, 4) is 0 Å². The number of benzene rings is 1. The molecule has 0 unspecified atom stereocenters. The standard InChI is InChI=1S/C20H25ClN2O4/c1-19(26)6-9-27-20(18(19)25)4-7-23(8-5-20)12-14-10-13-2-3-15(21)11-16(13)22-17(14)24/h2-3,10-11,18,25-26H,4-9,12H2,1H3,(H,22,24)/t18-,19+/m0/s1. The van der Waals surface area contributed by atoms with Crippen LogP contribution in [0.25, 0.3) is 10.9 Å². The van der Waals surface area contributed by atoms with Crippen molar-refractivity contribution in [1.29, 1.82) is 0 Å². The second kappa shape index (κ2) is 6.87. The summed E-state index contributed by atoms with van der Waals surface area (Å²) in [7, 11) is 0. The molecule has 2 atom stereocenters. The first-order valence-corrected chi connectivity index (χ1v) is 9.75. The summed E-state index contributed by atoms with van der Waals surface area (Å²) in [5.41, 5.74) is -0.475. The maximum atomic E-state index is 12.4. The summed E-state index contributed by atoms with van der Waals surface area (Å²) >= 11 is 5.99. The molecular formula is C20H25ClN2O4. The van der Waals surface area contributed by atoms with Crippen molar-refractivity contribution in [2.45, 2.75) is 50.0 Å². The van der Waals surface area contributed by atoms with E-state index in [0.717, 1.165) is 10.9 Å². The number of fused-ring (bicyclic) bond motifs is 1. The second-order valence-corrected chi connectivity index (χ2v) is 8.49. The van der Waals surface area contributed by atoms with Gasteiger partial charge in [0, 0.05) is 42.2 Å². The van der Waals surface area contributed by atoms with E-state index >= 15 is 0 Å². The number of pyridine rings is 1. The first kappa shape index (κ1) is 18.9. The molecule has 146 valence electrons. The maximum Gasteiger partial charge on any atom is 0.252 e. The molecule has 4 rings (SSSR count). The van der Waals surface area contributed by atoms with Crippen LogP contribution in [-0.2, 0) is 11.3 Å². The number of hydrogen-bond acceptors (Lipinski definition) is 5. The summed E-state index contributed by atoms with van der Waals surface area (Å²) in [6.07, 6.45) is 0.808. The van der Waals surface area contributed by atoms with Crippen LogP contribution in [0.15, 0.2) is 29.1 Å². The minimum atomic E-state index is -1.11. The van der Waals surface area contributed by atoms with Crippen LogP contribution in [0.2, 0.25) is 5.02 Å². The van der Waals surface area contributed by atoms with Gasteiger partial charge in [-0.2, -0.15) is 0 Å². The minimum absolute atomic E-state index is 0.109. The number of ether oxygens (including phenoxy) is 1. The Morgan fingerprint density at radius 1 is 1.30 bits per heavy atom. The van der Waals surface area contributed by atoms with E-state index in [4.69, 9.17) is 16.3 Å². The number of aromatic amines is 1. The number of nitrogens with one attached hydrogen (secondary N) is 1. The fourth-order valence-electron chi connectivity index (χ4n) is 4.33. The van der Waals surface area contributed by atoms with E-state index in [1.807, 2.05) is 18.2 Å². The topological polar surface area (TPSA) is 85.8 Å². The molecule has 0 bridgehead atoms. The molecule has 6 nitrogen and oxygen atoms in total. The van der Waals surface area contributed by atoms with Crippen LogP contribution in [0.4, 0.5) is 0 Å². The summed E-state index contributed by atoms with van der Waals surface area (Å²) in [6.45, 7) is 4.07. The van der Waals surface area contributed by atoms with Crippen LogP contribution < -0.4 is 5.56 Å². The highest BCUT2D eigenvalue weighted by Crippen LogP contribution is 2.39. The van der Waals surface area contributed by atoms with Gasteiger partial charge in [0.25, 0.3) is 5.56 Å². The molecule has 1 aromatic heterocycles. The number of hydrogen-bond donors (Lipinski definition) is 3. The van der Waals surface area contributed by atoms with Crippen LogP contribution >= 0.6 is 11.6 Å². The highest BCUT2D eigenvalue weighted by Gasteiger charge is 2.52. The van der Waals surface area contributed by atoms with Gasteiger partial charge in [-0.15, -0.1) is 0 Å². The first-order valence-electron chi connectivity index (χ1n) is 9.37. The van der Waals surface area contributed by atoms with Crippen LogP contribution in [0.5, 0.6) is 0 Å². The van der Waals surface area contributed by atoms with Gasteiger partial charge in [-0.05, 0) is 43.4 Å². The molecular weight excluding hydrogens is 368 g/mol. The minimum Gasteiger partial charge on any atom is -0.387 e. The third-order valence-corrected chi connectivity index (χ3v) is 6.30. The Morgan fingerprint density at radius 3 is 2.78 bits per heavy atom. The molecule has 27 heavy (non-hydrogen) atoms. The van der Waals surface area contributed by atoms with E-state index in [9.17, 15) is 15.0 Å². The molecule has 3 heterocycles. The number of halogens is 1. The van der Waals surface area contributed by atoms with Gasteiger partial charge in [0.1, 0.15) is 6.10 Å². The van der Waals surface area contributed by atoms with Gasteiger partial charge < -0.3 is 19.9 Å². The van der Waals surface area contributed by atoms with Gasteiger partial charge in [0.15, 0.2) is 0 Å². The zero-order valence-electron chi connectivity index (χ0n) is 15.4. The number of aliphatic hydroxyl groups is 2. The van der Waals surface area contributed by atoms with E-state index in [1.54, 1.807) is 13.0 Å². The lowest BCUT2D eigenvalue weighted by atomic mass is 9.75. The van der Waals surface area contributed by atoms with E-state index in [-0.39, 0.29) is 5.56 Å². The van der Waals surface area contributed by atoms with Crippen molar-refractivity contribution >= 4 is 22.5 Å². The summed E-state index contributed by atoms with van der Waals surface area (Å²) in [6, 6.07) is 7.37. The monoisotopic (exact) mass is 392 g/mol. The highest BCUT2D eigenvalue weighted by molar-refractivity contribution is 6.31. The van der Waals surface area contributed by atoms with E-state index in [0.29, 0.717) is 56.1 Å². The molecule has 2 aliphatic heterocycles. The van der Waals surface area contributed by atoms with Gasteiger partial charge in [0.05, 0.1) is 17.8 Å². The molecule has 0 saturated carbocycles. The normalized spacial score (nSPS) is 28.7. The lowest BCUT2D eigenvalue weighted by molar-refractivity contribution is -0.246. The number of aromatic nitrogens is 1. The number of likely N-dealkylation sites (tertiary alicyclic amines) is 1. The fourth-order valence-corrected chi connectivity index (χ4v) is 4.50. The second-order valence-electron chi connectivity index (χ2n) is 8.05. The van der Waals surface area contributed by atoms with Crippen molar-refractivity contribution in [3.05, 3.63) is 45.2 Å². The Hall–Kier alpha value is -1.44. The van der Waals surface area contributed by atoms with Gasteiger partial charge in [0.2, 0.25) is 0 Å². The smallest absolute Gasteiger partial charge is 0.252 e. The number of H-pyrrole nitrogens is 1. The number of aliphatic hydroxyl groups excluding tert-OH is 1. The van der Waals surface area contributed by atoms with Crippen molar-refractivity contribution in [3.63, 3.8) is 0 Å². The van der Waals surface area contributed by atoms with Gasteiger partial charge >= 0.3 is 0 Å². The van der Waals surface area contributed by atoms with Crippen molar-refractivity contribution < 1.29 is 14.9 Å². The molecule has 0 aliphatic carbocycles. The van der Waals surface area contributed by atoms with Crippen molar-refractivity contribution in [1.82, 2.24) is 9.88 Å². The van der Waals surface area contributed by atoms with E-state index < -0.39 is 17.3 Å². The molecule has 0 radical (unpaired) electrons. The predicted octanol–water partition coefficient (Wildman–Crippen LogP) is 2.05. The molecule has 3 N–H and O–H groups in total. The third-order valence-electron chi connectivity index (χ3n) is 6.07. The summed E-state index contributed by atoms with van der Waals surface area (Å²) in [5.74, 6) is 0. The Labute approximate surface area is 162 Å². The number of rotatable bonds is 2. The molecule has 0 amide bonds. The van der Waals surface area contributed by atoms with Gasteiger partial charge in [-0.25, -0.2) is 0 Å². The average Bonchev–Trinajstić information content (AvgIpc) is 2.62. The lowest BCUT2D eigenvalue weighted by Crippen LogP contribution is -2.64. The summed E-state index contributed by atoms with van der Waals surface area (Å²) < 4.78 is 5.93. The highest BCUT2D eigenvalue weighted by atomic mass is 35.5. The van der Waals surface area contributed by atoms with Crippen molar-refractivity contribution in [2.24, 2.45) is 0 Å². The molecule has 2 aliphatic rings. The van der Waals surface area contributed by atoms with Gasteiger partial charge in [-0.3, -0.25) is 9.69 Å². The zero-order valence-corrected chi connectivity index (χ0v) is 16.1. The van der Waals surface area contributed by atoms with Crippen molar-refractivity contribution in [2.75, 3.05) is 19.7 Å². The summed E-state index contributed by atoms with van der Waals surface area (Å²) in [5, 5.41) is 22.6. The molecule has 7 heteroatoms. The Bertz CT molecular complexity index is 902. The SMILES string of the molecule is C[C@@]1(O)CCOC2(CCN(Cc3cc4ccc(Cl)cc4[nH]c3=O)CC2)[C@H]1O.